The van der Waals surface area contributed by atoms with Crippen LogP contribution >= 0.6 is 11.5 Å². The van der Waals surface area contributed by atoms with E-state index < -0.39 is 0 Å². The molecular formula is C18H22N2O3S. The third-order valence-corrected chi connectivity index (χ3v) is 5.42. The van der Waals surface area contributed by atoms with Gasteiger partial charge in [0.25, 0.3) is 0 Å². The quantitative estimate of drug-likeness (QED) is 0.895. The summed E-state index contributed by atoms with van der Waals surface area (Å²) in [4.78, 5) is 15.0. The molecule has 0 spiro atoms. The van der Waals surface area contributed by atoms with Gasteiger partial charge < -0.3 is 14.7 Å². The van der Waals surface area contributed by atoms with Crippen molar-refractivity contribution in [3.05, 3.63) is 34.7 Å². The minimum atomic E-state index is -0.274. The number of carbonyl (C=O) groups is 1. The predicted molar refractivity (Wildman–Crippen MR) is 94.2 cm³/mol. The topological polar surface area (TPSA) is 62.7 Å². The fourth-order valence-corrected chi connectivity index (χ4v) is 3.79. The number of ether oxygens (including phenoxy) is 1. The van der Waals surface area contributed by atoms with Crippen molar-refractivity contribution >= 4 is 17.6 Å². The predicted octanol–water partition coefficient (Wildman–Crippen LogP) is 4.34. The monoisotopic (exact) mass is 346 g/mol. The number of nitrogens with zero attached hydrogens (tertiary/aromatic N) is 2. The highest BCUT2D eigenvalue weighted by atomic mass is 32.1. The summed E-state index contributed by atoms with van der Waals surface area (Å²) in [6, 6.07) is 7.21. The first-order chi connectivity index (χ1) is 11.6. The van der Waals surface area contributed by atoms with Crippen LogP contribution < -0.4 is 0 Å². The second kappa shape index (κ2) is 7.21. The van der Waals surface area contributed by atoms with E-state index in [9.17, 15) is 9.90 Å². The van der Waals surface area contributed by atoms with E-state index in [2.05, 4.69) is 4.37 Å². The molecule has 3 rings (SSSR count). The summed E-state index contributed by atoms with van der Waals surface area (Å²) in [5, 5.41) is 9.43. The summed E-state index contributed by atoms with van der Waals surface area (Å²) in [5.41, 5.74) is 2.65. The van der Waals surface area contributed by atoms with Crippen molar-refractivity contribution in [2.24, 2.45) is 0 Å². The van der Waals surface area contributed by atoms with Crippen LogP contribution in [0.3, 0.4) is 0 Å². The van der Waals surface area contributed by atoms with Crippen molar-refractivity contribution in [2.45, 2.75) is 45.3 Å². The average molecular weight is 346 g/mol. The fourth-order valence-electron chi connectivity index (χ4n) is 3.08. The van der Waals surface area contributed by atoms with Gasteiger partial charge in [-0.25, -0.2) is 4.79 Å². The number of aromatic hydroxyl groups is 1. The Morgan fingerprint density at radius 1 is 1.33 bits per heavy atom. The zero-order chi connectivity index (χ0) is 17.1. The maximum atomic E-state index is 12.3. The molecule has 128 valence electrons. The van der Waals surface area contributed by atoms with Gasteiger partial charge in [-0.2, -0.15) is 4.37 Å². The van der Waals surface area contributed by atoms with Crippen LogP contribution in [-0.4, -0.2) is 33.6 Å². The lowest BCUT2D eigenvalue weighted by Crippen LogP contribution is -2.35. The highest BCUT2D eigenvalue weighted by molar-refractivity contribution is 7.06. The smallest absolute Gasteiger partial charge is 0.410 e. The number of phenols is 1. The van der Waals surface area contributed by atoms with E-state index in [0.29, 0.717) is 6.04 Å². The van der Waals surface area contributed by atoms with Crippen molar-refractivity contribution in [3.8, 4) is 17.0 Å². The maximum absolute atomic E-state index is 12.3. The first kappa shape index (κ1) is 16.8. The van der Waals surface area contributed by atoms with E-state index >= 15 is 0 Å². The summed E-state index contributed by atoms with van der Waals surface area (Å²) in [6.07, 6.45) is 4.21. The van der Waals surface area contributed by atoms with Gasteiger partial charge >= 0.3 is 6.09 Å². The molecule has 6 heteroatoms. The summed E-state index contributed by atoms with van der Waals surface area (Å²) in [7, 11) is 1.82. The Balaban J connectivity index is 1.70. The van der Waals surface area contributed by atoms with Crippen molar-refractivity contribution in [1.82, 2.24) is 9.27 Å². The van der Waals surface area contributed by atoms with Crippen LogP contribution in [0.25, 0.3) is 11.3 Å². The molecule has 1 aliphatic rings. The van der Waals surface area contributed by atoms with Crippen LogP contribution in [0.1, 0.15) is 36.1 Å². The van der Waals surface area contributed by atoms with Gasteiger partial charge in [-0.05, 0) is 55.6 Å². The van der Waals surface area contributed by atoms with Crippen LogP contribution in [-0.2, 0) is 11.3 Å². The second-order valence-corrected chi connectivity index (χ2v) is 7.19. The molecule has 1 amide bonds. The Morgan fingerprint density at radius 3 is 2.67 bits per heavy atom. The van der Waals surface area contributed by atoms with Gasteiger partial charge in [-0.3, -0.25) is 0 Å². The third kappa shape index (κ3) is 3.53. The maximum Gasteiger partial charge on any atom is 0.410 e. The van der Waals surface area contributed by atoms with E-state index in [1.807, 2.05) is 26.1 Å². The largest absolute Gasteiger partial charge is 0.508 e. The van der Waals surface area contributed by atoms with Crippen molar-refractivity contribution in [2.75, 3.05) is 7.05 Å². The standard InChI is InChI=1S/C18H22N2O3S/c1-12-16(11-23-18(22)20(2)14-5-3-4-6-14)17(19-24-12)13-7-9-15(21)10-8-13/h7-10,14,21H,3-6,11H2,1-2H3. The van der Waals surface area contributed by atoms with Crippen LogP contribution in [0, 0.1) is 6.92 Å². The number of rotatable bonds is 4. The summed E-state index contributed by atoms with van der Waals surface area (Å²) < 4.78 is 10.0. The van der Waals surface area contributed by atoms with E-state index in [-0.39, 0.29) is 18.4 Å². The third-order valence-electron chi connectivity index (χ3n) is 4.63. The molecule has 24 heavy (non-hydrogen) atoms. The molecule has 1 saturated carbocycles. The number of amides is 1. The van der Waals surface area contributed by atoms with Gasteiger partial charge in [0.15, 0.2) is 0 Å². The average Bonchev–Trinajstić information content (AvgIpc) is 3.23. The summed E-state index contributed by atoms with van der Waals surface area (Å²) >= 11 is 1.40. The van der Waals surface area contributed by atoms with Crippen LogP contribution in [0.4, 0.5) is 4.79 Å². The number of benzene rings is 1. The minimum absolute atomic E-state index is 0.217. The van der Waals surface area contributed by atoms with Crippen molar-refractivity contribution in [3.63, 3.8) is 0 Å². The zero-order valence-corrected chi connectivity index (χ0v) is 14.8. The Kier molecular flexibility index (Phi) is 5.04. The summed E-state index contributed by atoms with van der Waals surface area (Å²) in [5.74, 6) is 0.219. The molecular weight excluding hydrogens is 324 g/mol. The molecule has 0 aliphatic heterocycles. The van der Waals surface area contributed by atoms with Gasteiger partial charge in [-0.15, -0.1) is 0 Å². The Labute approximate surface area is 146 Å². The molecule has 1 aliphatic carbocycles. The zero-order valence-electron chi connectivity index (χ0n) is 14.0. The molecule has 0 unspecified atom stereocenters. The second-order valence-electron chi connectivity index (χ2n) is 6.22. The molecule has 5 nitrogen and oxygen atoms in total. The number of aryl methyl sites for hydroxylation is 1. The van der Waals surface area contributed by atoms with Crippen molar-refractivity contribution in [1.29, 1.82) is 0 Å². The lowest BCUT2D eigenvalue weighted by molar-refractivity contribution is 0.0918. The summed E-state index contributed by atoms with van der Waals surface area (Å²) in [6.45, 7) is 2.19. The highest BCUT2D eigenvalue weighted by Gasteiger charge is 2.25. The van der Waals surface area contributed by atoms with E-state index in [0.717, 1.165) is 34.5 Å². The van der Waals surface area contributed by atoms with Gasteiger partial charge in [0.1, 0.15) is 12.4 Å². The van der Waals surface area contributed by atoms with Gasteiger partial charge in [0.05, 0.1) is 5.69 Å². The normalized spacial score (nSPS) is 14.8. The minimum Gasteiger partial charge on any atom is -0.508 e. The Hall–Kier alpha value is -2.08. The molecule has 1 N–H and O–H groups in total. The SMILES string of the molecule is Cc1snc(-c2ccc(O)cc2)c1COC(=O)N(C)C1CCCC1. The number of carbonyl (C=O) groups excluding carboxylic acids is 1. The van der Waals surface area contributed by atoms with Gasteiger partial charge in [0, 0.05) is 29.1 Å². The highest BCUT2D eigenvalue weighted by Crippen LogP contribution is 2.30. The lowest BCUT2D eigenvalue weighted by Gasteiger charge is -2.23. The number of aromatic nitrogens is 1. The Morgan fingerprint density at radius 2 is 2.00 bits per heavy atom. The van der Waals surface area contributed by atoms with E-state index in [1.165, 1.54) is 24.4 Å². The first-order valence-corrected chi connectivity index (χ1v) is 8.97. The number of hydrogen-bond donors (Lipinski definition) is 1. The first-order valence-electron chi connectivity index (χ1n) is 8.20. The van der Waals surface area contributed by atoms with Gasteiger partial charge in [0.2, 0.25) is 0 Å². The molecule has 0 bridgehead atoms. The lowest BCUT2D eigenvalue weighted by atomic mass is 10.1. The molecule has 1 heterocycles. The van der Waals surface area contributed by atoms with Crippen LogP contribution in [0.2, 0.25) is 0 Å². The number of hydrogen-bond acceptors (Lipinski definition) is 5. The van der Waals surface area contributed by atoms with Gasteiger partial charge in [-0.1, -0.05) is 12.8 Å². The van der Waals surface area contributed by atoms with Crippen LogP contribution in [0.5, 0.6) is 5.75 Å². The molecule has 2 aromatic rings. The van der Waals surface area contributed by atoms with E-state index in [4.69, 9.17) is 4.74 Å². The van der Waals surface area contributed by atoms with Crippen LogP contribution in [0.15, 0.2) is 24.3 Å². The van der Waals surface area contributed by atoms with E-state index in [1.54, 1.807) is 17.0 Å². The molecule has 1 fully saturated rings. The molecule has 1 aromatic heterocycles. The molecule has 0 radical (unpaired) electrons. The Bertz CT molecular complexity index is 706. The molecule has 0 saturated heterocycles. The van der Waals surface area contributed by atoms with Crippen molar-refractivity contribution < 1.29 is 14.6 Å². The molecule has 1 aromatic carbocycles. The number of phenolic OH excluding ortho intramolecular Hbond substituents is 1. The fraction of sp³-hybridized carbons (Fsp3) is 0.444. The molecule has 0 atom stereocenters.